The van der Waals surface area contributed by atoms with Crippen LogP contribution in [0.2, 0.25) is 0 Å². The molecule has 0 aliphatic carbocycles. The second kappa shape index (κ2) is 3.96. The highest BCUT2D eigenvalue weighted by molar-refractivity contribution is 5.92. The summed E-state index contributed by atoms with van der Waals surface area (Å²) in [7, 11) is 0. The molecular formula is C11H17NO2. The van der Waals surface area contributed by atoms with Gasteiger partial charge in [-0.3, -0.25) is 4.79 Å². The summed E-state index contributed by atoms with van der Waals surface area (Å²) in [6.45, 7) is 12.9. The molecule has 0 radical (unpaired) electrons. The van der Waals surface area contributed by atoms with E-state index in [2.05, 4.69) is 13.2 Å². The highest BCUT2D eigenvalue weighted by Crippen LogP contribution is 2.27. The molecule has 0 saturated carbocycles. The number of nitrogens with zero attached hydrogens (tertiary/aromatic N) is 1. The molecule has 0 N–H and O–H groups in total. The zero-order valence-corrected chi connectivity index (χ0v) is 8.88. The summed E-state index contributed by atoms with van der Waals surface area (Å²) in [6.07, 6.45) is 1.71. The fourth-order valence-electron chi connectivity index (χ4n) is 1.26. The van der Waals surface area contributed by atoms with Crippen LogP contribution in [0, 0.1) is 0 Å². The average molecular weight is 195 g/mol. The fourth-order valence-corrected chi connectivity index (χ4v) is 1.26. The van der Waals surface area contributed by atoms with E-state index in [4.69, 9.17) is 4.74 Å². The molecule has 0 aromatic carbocycles. The molecule has 1 atom stereocenters. The second-order valence-corrected chi connectivity index (χ2v) is 3.99. The lowest BCUT2D eigenvalue weighted by Crippen LogP contribution is -2.38. The molecule has 1 aliphatic heterocycles. The van der Waals surface area contributed by atoms with Gasteiger partial charge in [0.1, 0.15) is 5.60 Å². The molecule has 0 aromatic heterocycles. The van der Waals surface area contributed by atoms with E-state index >= 15 is 0 Å². The third-order valence-corrected chi connectivity index (χ3v) is 2.16. The minimum atomic E-state index is -0.145. The van der Waals surface area contributed by atoms with Gasteiger partial charge in [0.25, 0.3) is 0 Å². The SMILES string of the molecule is C=CCN(CC1(C)CO1)C(=O)C(=C)C. The van der Waals surface area contributed by atoms with Gasteiger partial charge in [0.2, 0.25) is 5.91 Å². The van der Waals surface area contributed by atoms with Gasteiger partial charge in [-0.25, -0.2) is 0 Å². The molecule has 3 heteroatoms. The van der Waals surface area contributed by atoms with E-state index in [1.807, 2.05) is 6.92 Å². The zero-order valence-electron chi connectivity index (χ0n) is 8.88. The second-order valence-electron chi connectivity index (χ2n) is 3.99. The Balaban J connectivity index is 2.58. The largest absolute Gasteiger partial charge is 0.368 e. The monoisotopic (exact) mass is 195 g/mol. The quantitative estimate of drug-likeness (QED) is 0.377. The van der Waals surface area contributed by atoms with Gasteiger partial charge in [0.05, 0.1) is 13.2 Å². The molecular weight excluding hydrogens is 178 g/mol. The molecule has 1 amide bonds. The van der Waals surface area contributed by atoms with Crippen LogP contribution in [-0.2, 0) is 9.53 Å². The fraction of sp³-hybridized carbons (Fsp3) is 0.545. The van der Waals surface area contributed by atoms with Gasteiger partial charge in [-0.1, -0.05) is 12.7 Å². The smallest absolute Gasteiger partial charge is 0.249 e. The highest BCUT2D eigenvalue weighted by Gasteiger charge is 2.41. The third-order valence-electron chi connectivity index (χ3n) is 2.16. The van der Waals surface area contributed by atoms with E-state index in [-0.39, 0.29) is 11.5 Å². The molecule has 1 unspecified atom stereocenters. The first-order valence-electron chi connectivity index (χ1n) is 4.68. The topological polar surface area (TPSA) is 32.8 Å². The maximum Gasteiger partial charge on any atom is 0.249 e. The Hall–Kier alpha value is -1.09. The van der Waals surface area contributed by atoms with Crippen molar-refractivity contribution in [2.75, 3.05) is 19.7 Å². The molecule has 1 saturated heterocycles. The standard InChI is InChI=1S/C11H17NO2/c1-5-6-12(10(13)9(2)3)7-11(4)8-14-11/h5H,1-2,6-8H2,3-4H3. The first-order valence-corrected chi connectivity index (χ1v) is 4.68. The van der Waals surface area contributed by atoms with Crippen LogP contribution in [0.3, 0.4) is 0 Å². The summed E-state index contributed by atoms with van der Waals surface area (Å²) in [4.78, 5) is 13.4. The number of rotatable bonds is 5. The summed E-state index contributed by atoms with van der Waals surface area (Å²) in [5.74, 6) is -0.0263. The van der Waals surface area contributed by atoms with Crippen molar-refractivity contribution >= 4 is 5.91 Å². The maximum absolute atomic E-state index is 11.7. The van der Waals surface area contributed by atoms with E-state index < -0.39 is 0 Å². The Morgan fingerprint density at radius 3 is 2.64 bits per heavy atom. The predicted molar refractivity (Wildman–Crippen MR) is 55.9 cm³/mol. The molecule has 0 spiro atoms. The maximum atomic E-state index is 11.7. The van der Waals surface area contributed by atoms with Crippen LogP contribution in [0.1, 0.15) is 13.8 Å². The van der Waals surface area contributed by atoms with Crippen LogP contribution in [0.5, 0.6) is 0 Å². The number of amides is 1. The van der Waals surface area contributed by atoms with Crippen molar-refractivity contribution in [3.8, 4) is 0 Å². The minimum Gasteiger partial charge on any atom is -0.368 e. The Labute approximate surface area is 85.0 Å². The molecule has 0 aromatic rings. The molecule has 1 fully saturated rings. The number of carbonyl (C=O) groups is 1. The number of carbonyl (C=O) groups excluding carboxylic acids is 1. The van der Waals surface area contributed by atoms with Gasteiger partial charge >= 0.3 is 0 Å². The number of epoxide rings is 1. The van der Waals surface area contributed by atoms with Gasteiger partial charge < -0.3 is 9.64 Å². The molecule has 1 heterocycles. The summed E-state index contributed by atoms with van der Waals surface area (Å²) in [5, 5.41) is 0. The van der Waals surface area contributed by atoms with Crippen molar-refractivity contribution in [2.24, 2.45) is 0 Å². The first kappa shape index (κ1) is 11.0. The lowest BCUT2D eigenvalue weighted by molar-refractivity contribution is -0.127. The number of ether oxygens (including phenoxy) is 1. The lowest BCUT2D eigenvalue weighted by atomic mass is 10.1. The molecule has 0 bridgehead atoms. The van der Waals surface area contributed by atoms with E-state index in [0.29, 0.717) is 18.7 Å². The van der Waals surface area contributed by atoms with Crippen LogP contribution >= 0.6 is 0 Å². The van der Waals surface area contributed by atoms with Crippen LogP contribution in [0.15, 0.2) is 24.8 Å². The molecule has 14 heavy (non-hydrogen) atoms. The predicted octanol–water partition coefficient (Wildman–Crippen LogP) is 1.37. The summed E-state index contributed by atoms with van der Waals surface area (Å²) < 4.78 is 5.24. The van der Waals surface area contributed by atoms with Crippen LogP contribution in [-0.4, -0.2) is 36.1 Å². The van der Waals surface area contributed by atoms with Gasteiger partial charge in [-0.05, 0) is 13.8 Å². The molecule has 3 nitrogen and oxygen atoms in total. The number of hydrogen-bond donors (Lipinski definition) is 0. The Morgan fingerprint density at radius 1 is 1.71 bits per heavy atom. The van der Waals surface area contributed by atoms with Gasteiger partial charge in [-0.2, -0.15) is 0 Å². The third kappa shape index (κ3) is 2.70. The van der Waals surface area contributed by atoms with Gasteiger partial charge in [0, 0.05) is 12.1 Å². The highest BCUT2D eigenvalue weighted by atomic mass is 16.6. The van der Waals surface area contributed by atoms with Crippen molar-refractivity contribution in [1.29, 1.82) is 0 Å². The van der Waals surface area contributed by atoms with Gasteiger partial charge in [0.15, 0.2) is 0 Å². The Kier molecular flexibility index (Phi) is 3.11. The van der Waals surface area contributed by atoms with Crippen molar-refractivity contribution in [3.05, 3.63) is 24.8 Å². The average Bonchev–Trinajstić information content (AvgIpc) is 2.81. The van der Waals surface area contributed by atoms with Crippen molar-refractivity contribution in [2.45, 2.75) is 19.4 Å². The first-order chi connectivity index (χ1) is 6.48. The van der Waals surface area contributed by atoms with Crippen molar-refractivity contribution < 1.29 is 9.53 Å². The molecule has 1 aliphatic rings. The Bertz CT molecular complexity index is 266. The van der Waals surface area contributed by atoms with Crippen molar-refractivity contribution in [1.82, 2.24) is 4.90 Å². The van der Waals surface area contributed by atoms with E-state index in [1.54, 1.807) is 17.9 Å². The number of hydrogen-bond acceptors (Lipinski definition) is 2. The molecule has 1 rings (SSSR count). The van der Waals surface area contributed by atoms with E-state index in [1.165, 1.54) is 0 Å². The summed E-state index contributed by atoms with van der Waals surface area (Å²) in [5.41, 5.74) is 0.407. The van der Waals surface area contributed by atoms with Crippen LogP contribution in [0.4, 0.5) is 0 Å². The zero-order chi connectivity index (χ0) is 10.8. The lowest BCUT2D eigenvalue weighted by Gasteiger charge is -2.23. The van der Waals surface area contributed by atoms with E-state index in [0.717, 1.165) is 6.61 Å². The van der Waals surface area contributed by atoms with Crippen LogP contribution in [0.25, 0.3) is 0 Å². The van der Waals surface area contributed by atoms with E-state index in [9.17, 15) is 4.79 Å². The normalized spacial score (nSPS) is 24.1. The van der Waals surface area contributed by atoms with Crippen molar-refractivity contribution in [3.63, 3.8) is 0 Å². The van der Waals surface area contributed by atoms with Gasteiger partial charge in [-0.15, -0.1) is 6.58 Å². The summed E-state index contributed by atoms with van der Waals surface area (Å²) >= 11 is 0. The minimum absolute atomic E-state index is 0.0263. The Morgan fingerprint density at radius 2 is 2.29 bits per heavy atom. The molecule has 78 valence electrons. The summed E-state index contributed by atoms with van der Waals surface area (Å²) in [6, 6.07) is 0. The van der Waals surface area contributed by atoms with Crippen LogP contribution < -0.4 is 0 Å².